The molecule has 0 bridgehead atoms. The van der Waals surface area contributed by atoms with Gasteiger partial charge in [-0.1, -0.05) is 66.7 Å². The second-order valence-electron chi connectivity index (χ2n) is 7.66. The van der Waals surface area contributed by atoms with Crippen molar-refractivity contribution in [2.75, 3.05) is 19.6 Å². The van der Waals surface area contributed by atoms with Gasteiger partial charge in [0.25, 0.3) is 0 Å². The van der Waals surface area contributed by atoms with Gasteiger partial charge in [0.2, 0.25) is 0 Å². The third kappa shape index (κ3) is 5.98. The molecule has 152 valence electrons. The summed E-state index contributed by atoms with van der Waals surface area (Å²) in [4.78, 5) is 14.5. The van der Waals surface area contributed by atoms with Crippen molar-refractivity contribution in [2.24, 2.45) is 5.92 Å². The molecule has 0 spiro atoms. The summed E-state index contributed by atoms with van der Waals surface area (Å²) < 4.78 is 0. The number of halogens is 1. The maximum atomic E-state index is 12.6. The zero-order valence-corrected chi connectivity index (χ0v) is 17.8. The smallest absolute Gasteiger partial charge is 0.317 e. The van der Waals surface area contributed by atoms with Gasteiger partial charge in [0.1, 0.15) is 0 Å². The maximum absolute atomic E-state index is 12.6. The van der Waals surface area contributed by atoms with Crippen molar-refractivity contribution < 1.29 is 4.79 Å². The SMILES string of the molecule is C=C/C=C(/CCNC(=O)N1CCC(Cc2ccccc2)C1)c1cc(Cl)ccc1C. The van der Waals surface area contributed by atoms with E-state index in [0.717, 1.165) is 49.1 Å². The molecular weight excluding hydrogens is 380 g/mol. The second kappa shape index (κ2) is 10.3. The quantitative estimate of drug-likeness (QED) is 0.570. The highest BCUT2D eigenvalue weighted by molar-refractivity contribution is 6.30. The van der Waals surface area contributed by atoms with Crippen LogP contribution in [0.2, 0.25) is 5.02 Å². The molecule has 1 N–H and O–H groups in total. The van der Waals surface area contributed by atoms with Gasteiger partial charge in [-0.05, 0) is 66.5 Å². The lowest BCUT2D eigenvalue weighted by atomic mass is 9.97. The standard InChI is InChI=1S/C25H29ClN2O/c1-3-7-22(24-17-23(26)11-10-19(24)2)12-14-27-25(29)28-15-13-21(18-28)16-20-8-5-4-6-9-20/h3-11,17,21H,1,12-16,18H2,2H3,(H,27,29)/b22-7-. The van der Waals surface area contributed by atoms with E-state index in [2.05, 4.69) is 43.1 Å². The summed E-state index contributed by atoms with van der Waals surface area (Å²) in [5, 5.41) is 3.79. The summed E-state index contributed by atoms with van der Waals surface area (Å²) in [5.74, 6) is 0.536. The Kier molecular flexibility index (Phi) is 7.54. The third-order valence-corrected chi connectivity index (χ3v) is 5.71. The van der Waals surface area contributed by atoms with Gasteiger partial charge in [0.05, 0.1) is 0 Å². The lowest BCUT2D eigenvalue weighted by molar-refractivity contribution is 0.207. The fourth-order valence-corrected chi connectivity index (χ4v) is 4.11. The van der Waals surface area contributed by atoms with E-state index in [0.29, 0.717) is 17.5 Å². The zero-order chi connectivity index (χ0) is 20.6. The van der Waals surface area contributed by atoms with Crippen LogP contribution in [0, 0.1) is 12.8 Å². The Labute approximate surface area is 179 Å². The highest BCUT2D eigenvalue weighted by Gasteiger charge is 2.26. The number of hydrogen-bond donors (Lipinski definition) is 1. The van der Waals surface area contributed by atoms with E-state index < -0.39 is 0 Å². The number of nitrogens with one attached hydrogen (secondary N) is 1. The first kappa shape index (κ1) is 21.2. The first-order chi connectivity index (χ1) is 14.1. The molecular formula is C25H29ClN2O. The Morgan fingerprint density at radius 3 is 2.83 bits per heavy atom. The van der Waals surface area contributed by atoms with Crippen LogP contribution in [0.15, 0.2) is 67.3 Å². The minimum absolute atomic E-state index is 0.0290. The molecule has 4 heteroatoms. The highest BCUT2D eigenvalue weighted by Crippen LogP contribution is 2.25. The van der Waals surface area contributed by atoms with Crippen molar-refractivity contribution in [1.29, 1.82) is 0 Å². The number of nitrogens with zero attached hydrogens (tertiary/aromatic N) is 1. The number of amides is 2. The predicted octanol–water partition coefficient (Wildman–Crippen LogP) is 5.88. The van der Waals surface area contributed by atoms with Crippen molar-refractivity contribution in [3.63, 3.8) is 0 Å². The molecule has 29 heavy (non-hydrogen) atoms. The summed E-state index contributed by atoms with van der Waals surface area (Å²) in [7, 11) is 0. The molecule has 1 heterocycles. The van der Waals surface area contributed by atoms with E-state index in [4.69, 9.17) is 11.6 Å². The molecule has 1 atom stereocenters. The molecule has 2 aromatic rings. The van der Waals surface area contributed by atoms with Crippen LogP contribution in [-0.2, 0) is 6.42 Å². The maximum Gasteiger partial charge on any atom is 0.317 e. The van der Waals surface area contributed by atoms with Crippen LogP contribution in [0.5, 0.6) is 0 Å². The van der Waals surface area contributed by atoms with Crippen LogP contribution < -0.4 is 5.32 Å². The zero-order valence-electron chi connectivity index (χ0n) is 17.0. The summed E-state index contributed by atoms with van der Waals surface area (Å²) in [6, 6.07) is 16.4. The Balaban J connectivity index is 1.50. The van der Waals surface area contributed by atoms with Gasteiger partial charge >= 0.3 is 6.03 Å². The van der Waals surface area contributed by atoms with Gasteiger partial charge in [-0.25, -0.2) is 4.79 Å². The largest absolute Gasteiger partial charge is 0.338 e. The summed E-state index contributed by atoms with van der Waals surface area (Å²) >= 11 is 6.17. The molecule has 0 aromatic heterocycles. The minimum Gasteiger partial charge on any atom is -0.338 e. The van der Waals surface area contributed by atoms with Crippen molar-refractivity contribution in [1.82, 2.24) is 10.2 Å². The van der Waals surface area contributed by atoms with Crippen LogP contribution >= 0.6 is 11.6 Å². The number of hydrogen-bond acceptors (Lipinski definition) is 1. The lowest BCUT2D eigenvalue weighted by Crippen LogP contribution is -2.39. The van der Waals surface area contributed by atoms with Crippen molar-refractivity contribution in [2.45, 2.75) is 26.2 Å². The van der Waals surface area contributed by atoms with Gasteiger partial charge in [0, 0.05) is 24.7 Å². The second-order valence-corrected chi connectivity index (χ2v) is 8.10. The number of likely N-dealkylation sites (tertiary alicyclic amines) is 1. The lowest BCUT2D eigenvalue weighted by Gasteiger charge is -2.18. The number of carbonyl (C=O) groups is 1. The van der Waals surface area contributed by atoms with E-state index in [1.807, 2.05) is 35.2 Å². The normalized spacial score (nSPS) is 16.7. The van der Waals surface area contributed by atoms with E-state index in [9.17, 15) is 4.79 Å². The van der Waals surface area contributed by atoms with Crippen LogP contribution in [0.25, 0.3) is 5.57 Å². The fourth-order valence-electron chi connectivity index (χ4n) is 3.94. The number of urea groups is 1. The van der Waals surface area contributed by atoms with Crippen molar-refractivity contribution in [3.8, 4) is 0 Å². The van der Waals surface area contributed by atoms with Crippen LogP contribution in [0.3, 0.4) is 0 Å². The molecule has 1 aliphatic heterocycles. The molecule has 0 radical (unpaired) electrons. The summed E-state index contributed by atoms with van der Waals surface area (Å²) in [6.45, 7) is 8.13. The van der Waals surface area contributed by atoms with E-state index in [1.54, 1.807) is 6.08 Å². The Morgan fingerprint density at radius 2 is 2.07 bits per heavy atom. The van der Waals surface area contributed by atoms with E-state index in [1.165, 1.54) is 5.56 Å². The summed E-state index contributed by atoms with van der Waals surface area (Å²) in [6.07, 6.45) is 6.61. The molecule has 1 fully saturated rings. The average molecular weight is 409 g/mol. The molecule has 3 rings (SSSR count). The molecule has 1 unspecified atom stereocenters. The first-order valence-electron chi connectivity index (χ1n) is 10.2. The highest BCUT2D eigenvalue weighted by atomic mass is 35.5. The predicted molar refractivity (Wildman–Crippen MR) is 122 cm³/mol. The average Bonchev–Trinajstić information content (AvgIpc) is 3.18. The Bertz CT molecular complexity index is 876. The number of carbonyl (C=O) groups excluding carboxylic acids is 1. The first-order valence-corrected chi connectivity index (χ1v) is 10.6. The van der Waals surface area contributed by atoms with Crippen molar-refractivity contribution >= 4 is 23.2 Å². The fraction of sp³-hybridized carbons (Fsp3) is 0.320. The van der Waals surface area contributed by atoms with Gasteiger partial charge in [-0.2, -0.15) is 0 Å². The Morgan fingerprint density at radius 1 is 1.28 bits per heavy atom. The number of allylic oxidation sites excluding steroid dienone is 2. The van der Waals surface area contributed by atoms with Gasteiger partial charge in [0.15, 0.2) is 0 Å². The topological polar surface area (TPSA) is 32.3 Å². The van der Waals surface area contributed by atoms with Crippen molar-refractivity contribution in [3.05, 3.63) is 89.0 Å². The van der Waals surface area contributed by atoms with E-state index in [-0.39, 0.29) is 6.03 Å². The Hall–Kier alpha value is -2.52. The van der Waals surface area contributed by atoms with Gasteiger partial charge in [-0.3, -0.25) is 0 Å². The minimum atomic E-state index is 0.0290. The molecule has 1 aliphatic rings. The molecule has 3 nitrogen and oxygen atoms in total. The molecule has 2 aromatic carbocycles. The third-order valence-electron chi connectivity index (χ3n) is 5.48. The summed E-state index contributed by atoms with van der Waals surface area (Å²) in [5.41, 5.74) is 4.74. The molecule has 0 saturated carbocycles. The molecule has 2 amide bonds. The van der Waals surface area contributed by atoms with Gasteiger partial charge < -0.3 is 10.2 Å². The number of benzene rings is 2. The molecule has 0 aliphatic carbocycles. The van der Waals surface area contributed by atoms with Crippen LogP contribution in [0.4, 0.5) is 4.79 Å². The van der Waals surface area contributed by atoms with Crippen LogP contribution in [-0.4, -0.2) is 30.6 Å². The van der Waals surface area contributed by atoms with Gasteiger partial charge in [-0.15, -0.1) is 0 Å². The van der Waals surface area contributed by atoms with E-state index >= 15 is 0 Å². The monoisotopic (exact) mass is 408 g/mol. The molecule has 1 saturated heterocycles. The number of rotatable bonds is 7. The number of aryl methyl sites for hydroxylation is 1. The van der Waals surface area contributed by atoms with Crippen LogP contribution in [0.1, 0.15) is 29.5 Å².